The Hall–Kier alpha value is -3.35. The number of ketones is 2. The molecule has 0 saturated carbocycles. The summed E-state index contributed by atoms with van der Waals surface area (Å²) in [5, 5.41) is 19.3. The molecule has 0 aromatic heterocycles. The van der Waals surface area contributed by atoms with Gasteiger partial charge >= 0.3 is 5.97 Å². The topological polar surface area (TPSA) is 110 Å². The Labute approximate surface area is 136 Å². The Bertz CT molecular complexity index is 912. The summed E-state index contributed by atoms with van der Waals surface area (Å²) in [5.74, 6) is -2.90. The van der Waals surface area contributed by atoms with Crippen LogP contribution in [0.25, 0.3) is 0 Å². The van der Waals surface area contributed by atoms with Gasteiger partial charge in [0.2, 0.25) is 5.78 Å². The van der Waals surface area contributed by atoms with Crippen LogP contribution < -0.4 is 9.47 Å². The summed E-state index contributed by atoms with van der Waals surface area (Å²) in [4.78, 5) is 36.7. The fourth-order valence-electron chi connectivity index (χ4n) is 2.74. The Kier molecular flexibility index (Phi) is 3.48. The first kappa shape index (κ1) is 15.5. The van der Waals surface area contributed by atoms with Gasteiger partial charge in [0, 0.05) is 17.2 Å². The minimum atomic E-state index is -1.40. The quantitative estimate of drug-likeness (QED) is 0.755. The number of hydrogen-bond donors (Lipinski definition) is 2. The summed E-state index contributed by atoms with van der Waals surface area (Å²) >= 11 is 0. The van der Waals surface area contributed by atoms with Crippen LogP contribution in [0.4, 0.5) is 0 Å². The summed E-state index contributed by atoms with van der Waals surface area (Å²) in [6, 6.07) is 5.15. The number of benzene rings is 2. The third-order valence-electron chi connectivity index (χ3n) is 3.88. The summed E-state index contributed by atoms with van der Waals surface area (Å²) in [5.41, 5.74) is -0.813. The van der Waals surface area contributed by atoms with Crippen molar-refractivity contribution in [3.63, 3.8) is 0 Å². The molecule has 2 aromatic carbocycles. The summed E-state index contributed by atoms with van der Waals surface area (Å²) in [7, 11) is 2.74. The monoisotopic (exact) mass is 328 g/mol. The Morgan fingerprint density at radius 3 is 2.25 bits per heavy atom. The van der Waals surface area contributed by atoms with Crippen LogP contribution in [-0.2, 0) is 0 Å². The van der Waals surface area contributed by atoms with E-state index >= 15 is 0 Å². The van der Waals surface area contributed by atoms with Crippen LogP contribution in [0, 0.1) is 0 Å². The number of ether oxygens (including phenoxy) is 2. The van der Waals surface area contributed by atoms with E-state index in [2.05, 4.69) is 0 Å². The minimum Gasteiger partial charge on any atom is -0.506 e. The van der Waals surface area contributed by atoms with Crippen LogP contribution in [0.3, 0.4) is 0 Å². The van der Waals surface area contributed by atoms with Crippen molar-refractivity contribution in [2.45, 2.75) is 0 Å². The molecular weight excluding hydrogens is 316 g/mol. The number of carboxylic acids is 1. The van der Waals surface area contributed by atoms with Crippen LogP contribution in [0.5, 0.6) is 17.2 Å². The van der Waals surface area contributed by atoms with E-state index in [9.17, 15) is 19.5 Å². The van der Waals surface area contributed by atoms with Crippen LogP contribution >= 0.6 is 0 Å². The van der Waals surface area contributed by atoms with Crippen LogP contribution in [-0.4, -0.2) is 42.0 Å². The molecule has 7 heteroatoms. The van der Waals surface area contributed by atoms with Gasteiger partial charge in [-0.05, 0) is 18.2 Å². The van der Waals surface area contributed by atoms with Gasteiger partial charge in [0.05, 0.1) is 25.3 Å². The predicted octanol–water partition coefficient (Wildman–Crippen LogP) is 1.88. The molecule has 0 atom stereocenters. The summed E-state index contributed by atoms with van der Waals surface area (Å²) in [6.07, 6.45) is 0. The first-order valence-electron chi connectivity index (χ1n) is 6.85. The van der Waals surface area contributed by atoms with Crippen LogP contribution in [0.1, 0.15) is 42.2 Å². The third kappa shape index (κ3) is 2.02. The predicted molar refractivity (Wildman–Crippen MR) is 81.5 cm³/mol. The molecule has 122 valence electrons. The molecule has 24 heavy (non-hydrogen) atoms. The number of carboxylic acid groups (broad SMARTS) is 1. The molecule has 7 nitrogen and oxygen atoms in total. The number of fused-ring (bicyclic) bond motifs is 2. The van der Waals surface area contributed by atoms with Gasteiger partial charge in [-0.2, -0.15) is 0 Å². The lowest BCUT2D eigenvalue weighted by Crippen LogP contribution is -2.23. The molecule has 0 spiro atoms. The second-order valence-corrected chi connectivity index (χ2v) is 5.10. The van der Waals surface area contributed by atoms with Crippen molar-refractivity contribution in [3.05, 3.63) is 52.1 Å². The average molecular weight is 328 g/mol. The van der Waals surface area contributed by atoms with Gasteiger partial charge in [0.15, 0.2) is 5.78 Å². The Morgan fingerprint density at radius 2 is 1.67 bits per heavy atom. The Balaban J connectivity index is 2.34. The zero-order valence-corrected chi connectivity index (χ0v) is 12.7. The van der Waals surface area contributed by atoms with Gasteiger partial charge < -0.3 is 19.7 Å². The van der Waals surface area contributed by atoms with Crippen molar-refractivity contribution >= 4 is 17.5 Å². The third-order valence-corrected chi connectivity index (χ3v) is 3.88. The fourth-order valence-corrected chi connectivity index (χ4v) is 2.74. The van der Waals surface area contributed by atoms with E-state index in [0.717, 1.165) is 6.07 Å². The lowest BCUT2D eigenvalue weighted by molar-refractivity contribution is 0.0693. The SMILES string of the molecule is COc1cc(OC)c2c(c1)C(=O)c1ccc(C(=O)O)c(O)c1C2=O. The molecule has 0 aliphatic heterocycles. The molecule has 0 unspecified atom stereocenters. The van der Waals surface area contributed by atoms with Gasteiger partial charge in [-0.1, -0.05) is 0 Å². The number of carbonyl (C=O) groups is 3. The minimum absolute atomic E-state index is 0.0337. The van der Waals surface area contributed by atoms with E-state index < -0.39 is 28.8 Å². The molecule has 0 fully saturated rings. The zero-order chi connectivity index (χ0) is 17.6. The lowest BCUT2D eigenvalue weighted by atomic mass is 9.82. The average Bonchev–Trinajstić information content (AvgIpc) is 2.57. The number of aromatic hydroxyl groups is 1. The number of aromatic carboxylic acids is 1. The summed E-state index contributed by atoms with van der Waals surface area (Å²) < 4.78 is 10.3. The van der Waals surface area contributed by atoms with Gasteiger partial charge in [-0.3, -0.25) is 9.59 Å². The molecule has 0 amide bonds. The van der Waals surface area contributed by atoms with Gasteiger partial charge in [0.25, 0.3) is 0 Å². The molecule has 2 N–H and O–H groups in total. The largest absolute Gasteiger partial charge is 0.506 e. The number of carbonyl (C=O) groups excluding carboxylic acids is 2. The number of hydrogen-bond acceptors (Lipinski definition) is 6. The first-order chi connectivity index (χ1) is 11.4. The number of rotatable bonds is 3. The zero-order valence-electron chi connectivity index (χ0n) is 12.7. The highest BCUT2D eigenvalue weighted by Crippen LogP contribution is 2.40. The number of methoxy groups -OCH3 is 2. The van der Waals surface area contributed by atoms with Crippen molar-refractivity contribution in [2.24, 2.45) is 0 Å². The standard InChI is InChI=1S/C17H12O7/c1-23-7-5-10-12(11(6-7)24-2)16(20)13-8(14(10)18)3-4-9(15(13)19)17(21)22/h3-6,19H,1-2H3,(H,21,22). The van der Waals surface area contributed by atoms with Crippen molar-refractivity contribution in [1.82, 2.24) is 0 Å². The smallest absolute Gasteiger partial charge is 0.339 e. The maximum atomic E-state index is 12.8. The highest BCUT2D eigenvalue weighted by atomic mass is 16.5. The number of phenols is 1. The normalized spacial score (nSPS) is 12.4. The van der Waals surface area contributed by atoms with Gasteiger partial charge in [-0.15, -0.1) is 0 Å². The van der Waals surface area contributed by atoms with Gasteiger partial charge in [-0.25, -0.2) is 4.79 Å². The second kappa shape index (κ2) is 5.38. The van der Waals surface area contributed by atoms with E-state index in [4.69, 9.17) is 14.6 Å². The highest BCUT2D eigenvalue weighted by Gasteiger charge is 2.36. The molecule has 0 saturated heterocycles. The molecule has 3 rings (SSSR count). The Morgan fingerprint density at radius 1 is 0.958 bits per heavy atom. The summed E-state index contributed by atoms with van der Waals surface area (Å²) in [6.45, 7) is 0. The molecule has 1 aliphatic carbocycles. The van der Waals surface area contributed by atoms with Crippen molar-refractivity contribution < 1.29 is 34.1 Å². The maximum Gasteiger partial charge on any atom is 0.339 e. The molecule has 2 aromatic rings. The molecule has 0 bridgehead atoms. The van der Waals surface area contributed by atoms with E-state index in [1.165, 1.54) is 32.4 Å². The molecular formula is C17H12O7. The lowest BCUT2D eigenvalue weighted by Gasteiger charge is -2.21. The van der Waals surface area contributed by atoms with Crippen molar-refractivity contribution in [3.8, 4) is 17.2 Å². The van der Waals surface area contributed by atoms with E-state index in [-0.39, 0.29) is 28.0 Å². The van der Waals surface area contributed by atoms with Crippen LogP contribution in [0.15, 0.2) is 24.3 Å². The first-order valence-corrected chi connectivity index (χ1v) is 6.85. The van der Waals surface area contributed by atoms with Gasteiger partial charge in [0.1, 0.15) is 22.8 Å². The fraction of sp³-hybridized carbons (Fsp3) is 0.118. The van der Waals surface area contributed by atoms with E-state index in [1.54, 1.807) is 0 Å². The van der Waals surface area contributed by atoms with Crippen LogP contribution in [0.2, 0.25) is 0 Å². The highest BCUT2D eigenvalue weighted by molar-refractivity contribution is 6.31. The van der Waals surface area contributed by atoms with E-state index in [1.807, 2.05) is 0 Å². The van der Waals surface area contributed by atoms with Crippen molar-refractivity contribution in [1.29, 1.82) is 0 Å². The van der Waals surface area contributed by atoms with Crippen molar-refractivity contribution in [2.75, 3.05) is 14.2 Å². The molecule has 1 aliphatic rings. The molecule has 0 radical (unpaired) electrons. The van der Waals surface area contributed by atoms with E-state index in [0.29, 0.717) is 5.75 Å². The second-order valence-electron chi connectivity index (χ2n) is 5.10. The maximum absolute atomic E-state index is 12.8. The molecule has 0 heterocycles.